The van der Waals surface area contributed by atoms with E-state index in [4.69, 9.17) is 15.0 Å². The molecule has 0 atom stereocenters. The van der Waals surface area contributed by atoms with Crippen LogP contribution in [0.15, 0.2) is 170 Å². The second-order valence-electron chi connectivity index (χ2n) is 13.3. The summed E-state index contributed by atoms with van der Waals surface area (Å²) in [5, 5.41) is 9.89. The molecule has 0 aliphatic heterocycles. The lowest BCUT2D eigenvalue weighted by Crippen LogP contribution is -2.01. The van der Waals surface area contributed by atoms with Gasteiger partial charge in [0.2, 0.25) is 0 Å². The van der Waals surface area contributed by atoms with Crippen LogP contribution in [0.4, 0.5) is 0 Å². The van der Waals surface area contributed by atoms with Gasteiger partial charge in [-0.05, 0) is 76.1 Å². The van der Waals surface area contributed by atoms with Gasteiger partial charge in [-0.1, -0.05) is 115 Å². The Bertz CT molecular complexity index is 3190. The number of benzene rings is 8. The highest BCUT2D eigenvalue weighted by molar-refractivity contribution is 7.25. The average Bonchev–Trinajstić information content (AvgIpc) is 3.75. The summed E-state index contributed by atoms with van der Waals surface area (Å²) in [5.41, 5.74) is 6.23. The third-order valence-electron chi connectivity index (χ3n) is 10.2. The van der Waals surface area contributed by atoms with Crippen LogP contribution in [0.25, 0.3) is 103 Å². The first-order valence-electron chi connectivity index (χ1n) is 17.4. The summed E-state index contributed by atoms with van der Waals surface area (Å²) in [4.78, 5) is 15.3. The van der Waals surface area contributed by atoms with Crippen LogP contribution in [-0.4, -0.2) is 19.5 Å². The van der Waals surface area contributed by atoms with Gasteiger partial charge >= 0.3 is 0 Å². The van der Waals surface area contributed by atoms with Crippen molar-refractivity contribution < 1.29 is 0 Å². The molecule has 0 amide bonds. The van der Waals surface area contributed by atoms with E-state index in [0.717, 1.165) is 22.4 Å². The van der Waals surface area contributed by atoms with Crippen LogP contribution < -0.4 is 0 Å². The van der Waals surface area contributed by atoms with Crippen LogP contribution >= 0.6 is 11.3 Å². The molecule has 0 saturated carbocycles. The van der Waals surface area contributed by atoms with E-state index in [1.807, 2.05) is 29.5 Å². The first-order chi connectivity index (χ1) is 25.7. The quantitative estimate of drug-likeness (QED) is 0.186. The highest BCUT2D eigenvalue weighted by atomic mass is 32.1. The molecule has 242 valence electrons. The summed E-state index contributed by atoms with van der Waals surface area (Å²) < 4.78 is 4.92. The van der Waals surface area contributed by atoms with Gasteiger partial charge in [-0.3, -0.25) is 0 Å². The molecule has 0 unspecified atom stereocenters. The van der Waals surface area contributed by atoms with Crippen molar-refractivity contribution in [3.8, 4) is 39.9 Å². The zero-order valence-electron chi connectivity index (χ0n) is 27.9. The number of thiophene rings is 1. The fourth-order valence-electron chi connectivity index (χ4n) is 7.75. The number of aromatic nitrogens is 4. The lowest BCUT2D eigenvalue weighted by Gasteiger charge is -2.12. The Balaban J connectivity index is 1.14. The molecule has 0 spiro atoms. The number of nitrogens with zero attached hydrogens (tertiary/aromatic N) is 4. The minimum Gasteiger partial charge on any atom is -0.309 e. The van der Waals surface area contributed by atoms with Crippen molar-refractivity contribution >= 4 is 74.9 Å². The van der Waals surface area contributed by atoms with Gasteiger partial charge in [0.15, 0.2) is 17.5 Å². The molecular formula is C47H28N4S. The minimum absolute atomic E-state index is 0.637. The predicted octanol–water partition coefficient (Wildman–Crippen LogP) is 12.6. The normalized spacial score (nSPS) is 11.8. The molecule has 3 aromatic heterocycles. The highest BCUT2D eigenvalue weighted by Gasteiger charge is 2.18. The molecule has 0 fully saturated rings. The van der Waals surface area contributed by atoms with Crippen molar-refractivity contribution in [2.24, 2.45) is 0 Å². The standard InChI is InChI=1S/C47H28N4S/c1-2-12-30(13-3-1)45-48-46(50-47(49-45)34-22-24-43-38(27-34)37-19-8-9-20-42(37)52-43)33-16-10-17-35(25-33)51-40-23-21-29-11-6-7-18-36(29)44(40)39-26-31-14-4-5-15-32(31)28-41(39)51/h1-28H. The molecule has 11 rings (SSSR count). The molecule has 5 heteroatoms. The summed E-state index contributed by atoms with van der Waals surface area (Å²) in [6.07, 6.45) is 0. The van der Waals surface area contributed by atoms with Crippen molar-refractivity contribution in [3.63, 3.8) is 0 Å². The van der Waals surface area contributed by atoms with Crippen LogP contribution in [-0.2, 0) is 0 Å². The van der Waals surface area contributed by atoms with Crippen LogP contribution in [0.5, 0.6) is 0 Å². The van der Waals surface area contributed by atoms with E-state index in [-0.39, 0.29) is 0 Å². The summed E-state index contributed by atoms with van der Waals surface area (Å²) in [7, 11) is 0. The van der Waals surface area contributed by atoms with Crippen molar-refractivity contribution in [2.75, 3.05) is 0 Å². The zero-order valence-corrected chi connectivity index (χ0v) is 28.7. The lowest BCUT2D eigenvalue weighted by atomic mass is 10.0. The fourth-order valence-corrected chi connectivity index (χ4v) is 8.84. The van der Waals surface area contributed by atoms with E-state index in [2.05, 4.69) is 156 Å². The molecule has 0 aliphatic rings. The van der Waals surface area contributed by atoms with Crippen LogP contribution in [0.2, 0.25) is 0 Å². The maximum Gasteiger partial charge on any atom is 0.164 e. The monoisotopic (exact) mass is 680 g/mol. The number of hydrogen-bond donors (Lipinski definition) is 0. The van der Waals surface area contributed by atoms with E-state index < -0.39 is 0 Å². The summed E-state index contributed by atoms with van der Waals surface area (Å²) >= 11 is 1.81. The molecule has 0 aliphatic carbocycles. The predicted molar refractivity (Wildman–Crippen MR) is 218 cm³/mol. The van der Waals surface area contributed by atoms with Crippen molar-refractivity contribution in [1.29, 1.82) is 0 Å². The topological polar surface area (TPSA) is 43.6 Å². The van der Waals surface area contributed by atoms with E-state index in [1.165, 1.54) is 63.5 Å². The molecular weight excluding hydrogens is 653 g/mol. The fraction of sp³-hybridized carbons (Fsp3) is 0. The Labute approximate surface area is 302 Å². The van der Waals surface area contributed by atoms with Gasteiger partial charge in [0.25, 0.3) is 0 Å². The third-order valence-corrected chi connectivity index (χ3v) is 11.3. The largest absolute Gasteiger partial charge is 0.309 e. The van der Waals surface area contributed by atoms with Gasteiger partial charge in [0.1, 0.15) is 0 Å². The number of fused-ring (bicyclic) bond motifs is 9. The van der Waals surface area contributed by atoms with E-state index in [0.29, 0.717) is 17.5 Å². The molecule has 4 nitrogen and oxygen atoms in total. The van der Waals surface area contributed by atoms with Crippen LogP contribution in [0.1, 0.15) is 0 Å². The van der Waals surface area contributed by atoms with Gasteiger partial charge in [-0.15, -0.1) is 11.3 Å². The maximum atomic E-state index is 5.17. The smallest absolute Gasteiger partial charge is 0.164 e. The third kappa shape index (κ3) is 4.57. The van der Waals surface area contributed by atoms with Crippen LogP contribution in [0, 0.1) is 0 Å². The second kappa shape index (κ2) is 11.4. The average molecular weight is 681 g/mol. The molecule has 3 heterocycles. The molecule has 11 aromatic rings. The number of hydrogen-bond acceptors (Lipinski definition) is 4. The first-order valence-corrected chi connectivity index (χ1v) is 18.3. The van der Waals surface area contributed by atoms with Gasteiger partial charge in [0, 0.05) is 53.3 Å². The molecule has 0 radical (unpaired) electrons. The van der Waals surface area contributed by atoms with Crippen LogP contribution in [0.3, 0.4) is 0 Å². The zero-order chi connectivity index (χ0) is 34.2. The maximum absolute atomic E-state index is 5.17. The van der Waals surface area contributed by atoms with E-state index >= 15 is 0 Å². The number of rotatable bonds is 4. The second-order valence-corrected chi connectivity index (χ2v) is 14.3. The van der Waals surface area contributed by atoms with Gasteiger partial charge < -0.3 is 4.57 Å². The molecule has 8 aromatic carbocycles. The van der Waals surface area contributed by atoms with Gasteiger partial charge in [0.05, 0.1) is 11.0 Å². The minimum atomic E-state index is 0.637. The van der Waals surface area contributed by atoms with Crippen molar-refractivity contribution in [2.45, 2.75) is 0 Å². The Morgan fingerprint density at radius 3 is 1.83 bits per heavy atom. The molecule has 0 bridgehead atoms. The van der Waals surface area contributed by atoms with E-state index in [9.17, 15) is 0 Å². The Hall–Kier alpha value is -6.69. The first kappa shape index (κ1) is 29.1. The summed E-state index contributed by atoms with van der Waals surface area (Å²) in [5.74, 6) is 1.94. The molecule has 0 saturated heterocycles. The van der Waals surface area contributed by atoms with Crippen molar-refractivity contribution in [3.05, 3.63) is 170 Å². The Kier molecular flexibility index (Phi) is 6.39. The Morgan fingerprint density at radius 1 is 0.365 bits per heavy atom. The Morgan fingerprint density at radius 2 is 1.00 bits per heavy atom. The summed E-state index contributed by atoms with van der Waals surface area (Å²) in [6, 6.07) is 60.4. The summed E-state index contributed by atoms with van der Waals surface area (Å²) in [6.45, 7) is 0. The highest BCUT2D eigenvalue weighted by Crippen LogP contribution is 2.40. The molecule has 52 heavy (non-hydrogen) atoms. The van der Waals surface area contributed by atoms with Gasteiger partial charge in [-0.25, -0.2) is 15.0 Å². The molecule has 0 N–H and O–H groups in total. The van der Waals surface area contributed by atoms with E-state index in [1.54, 1.807) is 0 Å². The van der Waals surface area contributed by atoms with Gasteiger partial charge in [-0.2, -0.15) is 0 Å². The SMILES string of the molecule is c1ccc(-c2nc(-c3cccc(-n4c5cc6ccccc6cc5c5c6ccccc6ccc54)c3)nc(-c3ccc4sc5ccccc5c4c3)n2)cc1. The van der Waals surface area contributed by atoms with Crippen molar-refractivity contribution in [1.82, 2.24) is 19.5 Å². The lowest BCUT2D eigenvalue weighted by molar-refractivity contribution is 1.07.